The van der Waals surface area contributed by atoms with Crippen molar-refractivity contribution in [2.24, 2.45) is 45.2 Å². The molecule has 238 valence electrons. The SMILES string of the molecule is C/C(=N/Nc1ccc([N+](=O)[O-])cc1[N+](=O)[O-])[C@H]1CC[C@@H]2[C@@H]3CC/C(=N\Nc4ccc([N+](=O)[O-])cc4[N+](=O)[O-])[C@@H](C)[C@@H]3CC[C@@]12C. The molecular weight excluding hydrogens is 588 g/mol. The third-order valence-electron chi connectivity index (χ3n) is 10.3. The van der Waals surface area contributed by atoms with Crippen LogP contribution in [0.2, 0.25) is 0 Å². The summed E-state index contributed by atoms with van der Waals surface area (Å²) < 4.78 is 0. The second-order valence-corrected chi connectivity index (χ2v) is 12.4. The topological polar surface area (TPSA) is 221 Å². The van der Waals surface area contributed by atoms with E-state index in [-0.39, 0.29) is 40.0 Å². The lowest BCUT2D eigenvalue weighted by Gasteiger charge is -2.52. The highest BCUT2D eigenvalue weighted by molar-refractivity contribution is 5.89. The zero-order valence-electron chi connectivity index (χ0n) is 25.0. The fraction of sp³-hybridized carbons (Fsp3) is 0.517. The Kier molecular flexibility index (Phi) is 8.49. The van der Waals surface area contributed by atoms with E-state index in [0.717, 1.165) is 62.1 Å². The number of nitro groups is 4. The van der Waals surface area contributed by atoms with Crippen LogP contribution in [0.5, 0.6) is 0 Å². The first-order chi connectivity index (χ1) is 21.3. The summed E-state index contributed by atoms with van der Waals surface area (Å²) in [5.41, 5.74) is 5.99. The Hall–Kier alpha value is -5.02. The van der Waals surface area contributed by atoms with Crippen LogP contribution in [0.4, 0.5) is 34.1 Å². The Morgan fingerprint density at radius 1 is 0.800 bits per heavy atom. The Balaban J connectivity index is 1.29. The van der Waals surface area contributed by atoms with Gasteiger partial charge in [0.25, 0.3) is 11.4 Å². The fourth-order valence-corrected chi connectivity index (χ4v) is 8.10. The van der Waals surface area contributed by atoms with Gasteiger partial charge in [-0.05, 0) is 86.7 Å². The molecule has 3 saturated carbocycles. The standard InChI is InChI=1S/C29H34N8O8/c1-16-20-12-13-29(3)22(17(2)30-32-25-9-4-18(34(38)39)14-27(25)36(42)43)7-8-23(29)21(20)6-11-24(16)31-33-26-10-5-19(35(40)41)15-28(26)37(44)45/h4-5,9-10,14-16,20-23,32-33H,6-8,11-13H2,1-3H3/b30-17-,31-24+/t16-,20-,21+,22+,23+,29-/m0/s1. The van der Waals surface area contributed by atoms with Gasteiger partial charge in [0.05, 0.1) is 31.8 Å². The van der Waals surface area contributed by atoms with E-state index in [1.165, 1.54) is 24.3 Å². The van der Waals surface area contributed by atoms with Crippen LogP contribution in [0.15, 0.2) is 46.6 Å². The molecule has 0 aliphatic heterocycles. The average molecular weight is 623 g/mol. The largest absolute Gasteiger partial charge is 0.301 e. The molecule has 5 rings (SSSR count). The summed E-state index contributed by atoms with van der Waals surface area (Å²) in [6.07, 6.45) is 5.55. The molecule has 0 aromatic heterocycles. The second-order valence-electron chi connectivity index (χ2n) is 12.4. The van der Waals surface area contributed by atoms with Crippen LogP contribution in [-0.2, 0) is 0 Å². The van der Waals surface area contributed by atoms with Crippen LogP contribution in [-0.4, -0.2) is 31.1 Å². The predicted octanol–water partition coefficient (Wildman–Crippen LogP) is 7.06. The molecule has 3 aliphatic carbocycles. The van der Waals surface area contributed by atoms with Gasteiger partial charge in [0.15, 0.2) is 0 Å². The maximum Gasteiger partial charge on any atom is 0.301 e. The van der Waals surface area contributed by atoms with E-state index in [1.54, 1.807) is 0 Å². The maximum absolute atomic E-state index is 11.5. The van der Waals surface area contributed by atoms with Crippen LogP contribution in [0.3, 0.4) is 0 Å². The number of hydrogen-bond donors (Lipinski definition) is 2. The van der Waals surface area contributed by atoms with Gasteiger partial charge in [0, 0.05) is 29.5 Å². The van der Waals surface area contributed by atoms with Gasteiger partial charge >= 0.3 is 11.4 Å². The van der Waals surface area contributed by atoms with Crippen molar-refractivity contribution in [2.75, 3.05) is 10.9 Å². The summed E-state index contributed by atoms with van der Waals surface area (Å²) in [7, 11) is 0. The zero-order chi connectivity index (χ0) is 32.6. The summed E-state index contributed by atoms with van der Waals surface area (Å²) in [5.74, 6) is 1.63. The molecule has 3 fully saturated rings. The Morgan fingerprint density at radius 3 is 1.93 bits per heavy atom. The summed E-state index contributed by atoms with van der Waals surface area (Å²) in [6.45, 7) is 6.37. The van der Waals surface area contributed by atoms with Gasteiger partial charge < -0.3 is 0 Å². The van der Waals surface area contributed by atoms with Crippen molar-refractivity contribution in [2.45, 2.75) is 59.3 Å². The number of nitro benzene ring substituents is 4. The number of benzene rings is 2. The van der Waals surface area contributed by atoms with Gasteiger partial charge in [0.1, 0.15) is 11.4 Å². The molecule has 6 atom stereocenters. The van der Waals surface area contributed by atoms with E-state index in [1.807, 2.05) is 6.92 Å². The van der Waals surface area contributed by atoms with Gasteiger partial charge in [-0.1, -0.05) is 13.8 Å². The summed E-state index contributed by atoms with van der Waals surface area (Å²) >= 11 is 0. The van der Waals surface area contributed by atoms with Crippen molar-refractivity contribution >= 4 is 45.5 Å². The predicted molar refractivity (Wildman–Crippen MR) is 166 cm³/mol. The first kappa shape index (κ1) is 31.4. The van der Waals surface area contributed by atoms with Gasteiger partial charge in [-0.2, -0.15) is 10.2 Å². The molecule has 16 nitrogen and oxygen atoms in total. The van der Waals surface area contributed by atoms with E-state index in [9.17, 15) is 40.5 Å². The van der Waals surface area contributed by atoms with E-state index >= 15 is 0 Å². The molecule has 0 radical (unpaired) electrons. The number of fused-ring (bicyclic) bond motifs is 3. The fourth-order valence-electron chi connectivity index (χ4n) is 8.10. The highest BCUT2D eigenvalue weighted by Gasteiger charge is 2.56. The molecule has 0 bridgehead atoms. The Labute approximate surface area is 257 Å². The zero-order valence-corrected chi connectivity index (χ0v) is 25.0. The number of rotatable bonds is 9. The number of non-ortho nitro benzene ring substituents is 2. The minimum Gasteiger partial charge on any atom is -0.272 e. The molecule has 0 spiro atoms. The minimum absolute atomic E-state index is 0.0101. The number of nitrogens with zero attached hydrogens (tertiary/aromatic N) is 6. The van der Waals surface area contributed by atoms with Crippen LogP contribution < -0.4 is 10.9 Å². The van der Waals surface area contributed by atoms with Crippen molar-refractivity contribution in [3.05, 3.63) is 76.9 Å². The Morgan fingerprint density at radius 2 is 1.38 bits per heavy atom. The summed E-state index contributed by atoms with van der Waals surface area (Å²) in [5, 5.41) is 54.3. The lowest BCUT2D eigenvalue weighted by atomic mass is 9.52. The molecule has 2 aromatic carbocycles. The van der Waals surface area contributed by atoms with Crippen LogP contribution in [0, 0.1) is 75.5 Å². The number of anilines is 2. The molecule has 2 aromatic rings. The molecule has 16 heteroatoms. The van der Waals surface area contributed by atoms with Gasteiger partial charge in [-0.25, -0.2) is 0 Å². The highest BCUT2D eigenvalue weighted by atomic mass is 16.6. The monoisotopic (exact) mass is 622 g/mol. The first-order valence-corrected chi connectivity index (χ1v) is 14.8. The van der Waals surface area contributed by atoms with Crippen molar-refractivity contribution in [3.8, 4) is 0 Å². The van der Waals surface area contributed by atoms with Crippen molar-refractivity contribution in [1.29, 1.82) is 0 Å². The maximum atomic E-state index is 11.5. The summed E-state index contributed by atoms with van der Waals surface area (Å²) in [4.78, 5) is 42.5. The van der Waals surface area contributed by atoms with Crippen molar-refractivity contribution in [3.63, 3.8) is 0 Å². The third-order valence-corrected chi connectivity index (χ3v) is 10.3. The smallest absolute Gasteiger partial charge is 0.272 e. The first-order valence-electron chi connectivity index (χ1n) is 14.8. The average Bonchev–Trinajstić information content (AvgIpc) is 3.36. The minimum atomic E-state index is -0.677. The molecular formula is C29H34N8O8. The van der Waals surface area contributed by atoms with Gasteiger partial charge in [0.2, 0.25) is 0 Å². The molecule has 0 heterocycles. The summed E-state index contributed by atoms with van der Waals surface area (Å²) in [6, 6.07) is 6.87. The molecule has 45 heavy (non-hydrogen) atoms. The molecule has 3 aliphatic rings. The van der Waals surface area contributed by atoms with Gasteiger partial charge in [-0.3, -0.25) is 51.3 Å². The van der Waals surface area contributed by atoms with Crippen LogP contribution in [0.25, 0.3) is 0 Å². The number of hydrogen-bond acceptors (Lipinski definition) is 12. The number of hydrazone groups is 2. The van der Waals surface area contributed by atoms with Crippen molar-refractivity contribution in [1.82, 2.24) is 0 Å². The lowest BCUT2D eigenvalue weighted by molar-refractivity contribution is -0.393. The van der Waals surface area contributed by atoms with E-state index in [0.29, 0.717) is 17.8 Å². The lowest BCUT2D eigenvalue weighted by Crippen LogP contribution is -2.48. The van der Waals surface area contributed by atoms with Crippen LogP contribution in [0.1, 0.15) is 59.3 Å². The van der Waals surface area contributed by atoms with Gasteiger partial charge in [-0.15, -0.1) is 0 Å². The molecule has 0 saturated heterocycles. The van der Waals surface area contributed by atoms with Crippen molar-refractivity contribution < 1.29 is 19.7 Å². The molecule has 0 amide bonds. The Bertz CT molecular complexity index is 1630. The normalized spacial score (nSPS) is 28.6. The molecule has 2 N–H and O–H groups in total. The third kappa shape index (κ3) is 5.91. The highest BCUT2D eigenvalue weighted by Crippen LogP contribution is 2.62. The van der Waals surface area contributed by atoms with E-state index in [4.69, 9.17) is 0 Å². The number of nitrogens with one attached hydrogen (secondary N) is 2. The van der Waals surface area contributed by atoms with E-state index in [2.05, 4.69) is 34.9 Å². The van der Waals surface area contributed by atoms with Crippen LogP contribution >= 0.6 is 0 Å². The quantitative estimate of drug-likeness (QED) is 0.164. The molecule has 0 unspecified atom stereocenters. The van der Waals surface area contributed by atoms with E-state index < -0.39 is 31.1 Å². The second kappa shape index (κ2) is 12.2.